The second-order valence-electron chi connectivity index (χ2n) is 10.2. The normalized spacial score (nSPS) is 21.9. The van der Waals surface area contributed by atoms with Gasteiger partial charge in [0.1, 0.15) is 11.7 Å². The van der Waals surface area contributed by atoms with Crippen LogP contribution in [-0.4, -0.2) is 80.4 Å². The smallest absolute Gasteiger partial charge is 0.367 e. The molecule has 1 aromatic carbocycles. The number of dihydropyridines is 1. The third-order valence-corrected chi connectivity index (χ3v) is 7.17. The van der Waals surface area contributed by atoms with Gasteiger partial charge >= 0.3 is 6.18 Å². The Balaban J connectivity index is 1.79. The molecule has 3 atom stereocenters. The van der Waals surface area contributed by atoms with Gasteiger partial charge in [0.25, 0.3) is 5.91 Å². The Morgan fingerprint density at radius 2 is 1.73 bits per heavy atom. The lowest BCUT2D eigenvalue weighted by Gasteiger charge is -2.44. The van der Waals surface area contributed by atoms with Gasteiger partial charge in [0.2, 0.25) is 5.91 Å². The molecular formula is C27H29F5N6O2. The van der Waals surface area contributed by atoms with E-state index in [4.69, 9.17) is 0 Å². The minimum Gasteiger partial charge on any atom is -0.367 e. The number of halogens is 5. The highest BCUT2D eigenvalue weighted by Crippen LogP contribution is 2.38. The minimum absolute atomic E-state index is 0.0225. The number of anilines is 3. The van der Waals surface area contributed by atoms with Crippen LogP contribution in [0, 0.1) is 17.6 Å². The molecule has 214 valence electrons. The number of aliphatic imine (C=N–C) groups is 1. The van der Waals surface area contributed by atoms with E-state index in [0.29, 0.717) is 19.3 Å². The predicted molar refractivity (Wildman–Crippen MR) is 143 cm³/mol. The summed E-state index contributed by atoms with van der Waals surface area (Å²) in [6.45, 7) is 4.84. The quantitative estimate of drug-likeness (QED) is 0.547. The average molecular weight is 565 g/mol. The van der Waals surface area contributed by atoms with Gasteiger partial charge in [-0.25, -0.2) is 18.8 Å². The van der Waals surface area contributed by atoms with Crippen molar-refractivity contribution in [2.75, 3.05) is 49.3 Å². The molecule has 13 heteroatoms. The van der Waals surface area contributed by atoms with Crippen molar-refractivity contribution in [3.05, 3.63) is 47.7 Å². The van der Waals surface area contributed by atoms with Crippen LogP contribution in [0.1, 0.15) is 13.8 Å². The van der Waals surface area contributed by atoms with Gasteiger partial charge in [-0.05, 0) is 39.1 Å². The van der Waals surface area contributed by atoms with Crippen LogP contribution in [0.25, 0.3) is 11.1 Å². The molecule has 1 aromatic heterocycles. The highest BCUT2D eigenvalue weighted by molar-refractivity contribution is 6.11. The summed E-state index contributed by atoms with van der Waals surface area (Å²) in [5.74, 6) is -5.54. The van der Waals surface area contributed by atoms with E-state index < -0.39 is 41.1 Å². The molecule has 1 fully saturated rings. The largest absolute Gasteiger partial charge is 0.414 e. The van der Waals surface area contributed by atoms with Gasteiger partial charge in [0, 0.05) is 68.9 Å². The monoisotopic (exact) mass is 564 g/mol. The molecule has 2 amide bonds. The van der Waals surface area contributed by atoms with Crippen LogP contribution in [0.15, 0.2) is 41.0 Å². The SMILES string of the molecule is C[C@@H]1CN(c2cc(F)c(-c3cnc(N(C)C)c(F)c3)cc2NC(=O)C2C=NC(=O)C=C2C(F)(F)F)C[C@H](C)N1C. The number of amides is 2. The van der Waals surface area contributed by atoms with E-state index in [1.165, 1.54) is 23.2 Å². The standard InChI is InChI=1S/C27H29F5N6O2/c1-14-12-38(13-15(2)37(14)5)23-9-20(28)17(16-6-21(29)25(34-10-16)36(3)4)7-22(23)35-26(40)18-11-33-24(39)8-19(18)27(30,31)32/h6-11,14-15,18H,12-13H2,1-5H3,(H,35,40)/t14-,15+,18?. The van der Waals surface area contributed by atoms with Gasteiger partial charge in [-0.15, -0.1) is 0 Å². The van der Waals surface area contributed by atoms with Crippen molar-refractivity contribution in [2.24, 2.45) is 10.9 Å². The summed E-state index contributed by atoms with van der Waals surface area (Å²) >= 11 is 0. The number of nitrogens with zero attached hydrogens (tertiary/aromatic N) is 5. The highest BCUT2D eigenvalue weighted by atomic mass is 19.4. The molecule has 1 saturated heterocycles. The maximum absolute atomic E-state index is 15.6. The zero-order valence-electron chi connectivity index (χ0n) is 22.6. The van der Waals surface area contributed by atoms with Crippen LogP contribution >= 0.6 is 0 Å². The van der Waals surface area contributed by atoms with E-state index in [0.717, 1.165) is 6.07 Å². The van der Waals surface area contributed by atoms with Gasteiger partial charge in [-0.2, -0.15) is 13.2 Å². The molecule has 40 heavy (non-hydrogen) atoms. The van der Waals surface area contributed by atoms with Crippen molar-refractivity contribution in [1.29, 1.82) is 0 Å². The minimum atomic E-state index is -4.96. The van der Waals surface area contributed by atoms with Crippen LogP contribution in [0.3, 0.4) is 0 Å². The number of benzene rings is 1. The molecular weight excluding hydrogens is 535 g/mol. The Labute approximate surface area is 228 Å². The van der Waals surface area contributed by atoms with E-state index in [2.05, 4.69) is 20.2 Å². The Hall–Kier alpha value is -3.87. The second-order valence-corrected chi connectivity index (χ2v) is 10.2. The first-order valence-corrected chi connectivity index (χ1v) is 12.5. The predicted octanol–water partition coefficient (Wildman–Crippen LogP) is 4.28. The lowest BCUT2D eigenvalue weighted by Crippen LogP contribution is -2.55. The zero-order chi connectivity index (χ0) is 29.5. The maximum atomic E-state index is 15.6. The van der Waals surface area contributed by atoms with Crippen LogP contribution < -0.4 is 15.1 Å². The molecule has 0 radical (unpaired) electrons. The van der Waals surface area contributed by atoms with E-state index in [1.54, 1.807) is 14.1 Å². The molecule has 3 heterocycles. The topological polar surface area (TPSA) is 81.1 Å². The Kier molecular flexibility index (Phi) is 7.97. The fourth-order valence-corrected chi connectivity index (χ4v) is 4.82. The molecule has 0 aliphatic carbocycles. The van der Waals surface area contributed by atoms with Gasteiger partial charge < -0.3 is 15.1 Å². The van der Waals surface area contributed by atoms with Crippen molar-refractivity contribution in [3.8, 4) is 11.1 Å². The lowest BCUT2D eigenvalue weighted by atomic mass is 9.95. The second kappa shape index (κ2) is 11.0. The maximum Gasteiger partial charge on any atom is 0.414 e. The van der Waals surface area contributed by atoms with E-state index in [1.807, 2.05) is 25.8 Å². The Bertz CT molecular complexity index is 1380. The average Bonchev–Trinajstić information content (AvgIpc) is 2.86. The zero-order valence-corrected chi connectivity index (χ0v) is 22.6. The number of alkyl halides is 3. The summed E-state index contributed by atoms with van der Waals surface area (Å²) in [4.78, 5) is 37.6. The molecule has 2 aromatic rings. The summed E-state index contributed by atoms with van der Waals surface area (Å²) in [7, 11) is 5.14. The molecule has 4 rings (SSSR count). The number of nitrogens with one attached hydrogen (secondary N) is 1. The molecule has 0 spiro atoms. The van der Waals surface area contributed by atoms with Crippen molar-refractivity contribution < 1.29 is 31.5 Å². The third kappa shape index (κ3) is 5.83. The Morgan fingerprint density at radius 3 is 2.30 bits per heavy atom. The van der Waals surface area contributed by atoms with Crippen molar-refractivity contribution >= 4 is 35.2 Å². The van der Waals surface area contributed by atoms with Crippen LogP contribution in [0.4, 0.5) is 39.1 Å². The van der Waals surface area contributed by atoms with Crippen molar-refractivity contribution in [2.45, 2.75) is 32.1 Å². The third-order valence-electron chi connectivity index (χ3n) is 7.17. The molecule has 1 unspecified atom stereocenters. The number of carbonyl (C=O) groups excluding carboxylic acids is 2. The first-order valence-electron chi connectivity index (χ1n) is 12.5. The summed E-state index contributed by atoms with van der Waals surface area (Å²) < 4.78 is 71.2. The fourth-order valence-electron chi connectivity index (χ4n) is 4.82. The fraction of sp³-hybridized carbons (Fsp3) is 0.407. The highest BCUT2D eigenvalue weighted by Gasteiger charge is 2.43. The molecule has 0 bridgehead atoms. The van der Waals surface area contributed by atoms with E-state index >= 15 is 4.39 Å². The van der Waals surface area contributed by atoms with Crippen LogP contribution in [0.5, 0.6) is 0 Å². The summed E-state index contributed by atoms with van der Waals surface area (Å²) in [5.41, 5.74) is -1.12. The number of pyridine rings is 1. The van der Waals surface area contributed by atoms with Gasteiger partial charge in [0.15, 0.2) is 11.6 Å². The number of carbonyl (C=O) groups is 2. The lowest BCUT2D eigenvalue weighted by molar-refractivity contribution is -0.124. The van der Waals surface area contributed by atoms with Gasteiger partial charge in [-0.1, -0.05) is 0 Å². The number of rotatable bonds is 5. The number of hydrogen-bond donors (Lipinski definition) is 1. The number of likely N-dealkylation sites (N-methyl/N-ethyl adjacent to an activating group) is 1. The number of hydrogen-bond acceptors (Lipinski definition) is 6. The van der Waals surface area contributed by atoms with Crippen LogP contribution in [0.2, 0.25) is 0 Å². The summed E-state index contributed by atoms with van der Waals surface area (Å²) in [6.07, 6.45) is -2.76. The number of piperazine rings is 1. The molecule has 8 nitrogen and oxygen atoms in total. The van der Waals surface area contributed by atoms with Crippen LogP contribution in [-0.2, 0) is 9.59 Å². The number of aromatic nitrogens is 1. The first-order chi connectivity index (χ1) is 18.7. The Morgan fingerprint density at radius 1 is 1.07 bits per heavy atom. The molecule has 1 N–H and O–H groups in total. The van der Waals surface area contributed by atoms with Crippen molar-refractivity contribution in [1.82, 2.24) is 9.88 Å². The summed E-state index contributed by atoms with van der Waals surface area (Å²) in [6, 6.07) is 3.61. The first kappa shape index (κ1) is 29.1. The van der Waals surface area contributed by atoms with Gasteiger partial charge in [-0.3, -0.25) is 14.5 Å². The van der Waals surface area contributed by atoms with Crippen molar-refractivity contribution in [3.63, 3.8) is 0 Å². The molecule has 2 aliphatic rings. The summed E-state index contributed by atoms with van der Waals surface area (Å²) in [5, 5.41) is 2.49. The molecule has 0 saturated carbocycles. The van der Waals surface area contributed by atoms with E-state index in [-0.39, 0.29) is 46.5 Å². The molecule has 2 aliphatic heterocycles. The van der Waals surface area contributed by atoms with E-state index in [9.17, 15) is 27.2 Å². The van der Waals surface area contributed by atoms with Gasteiger partial charge in [0.05, 0.1) is 16.9 Å².